The molecule has 10 heavy (non-hydrogen) atoms. The monoisotopic (exact) mass is 202 g/mol. The number of halogens is 1. The fourth-order valence-electron chi connectivity index (χ4n) is 0.459. The molecule has 0 saturated heterocycles. The third-order valence-electron chi connectivity index (χ3n) is 0.868. The van der Waals surface area contributed by atoms with Crippen LogP contribution in [0.15, 0.2) is 11.1 Å². The molecule has 0 atom stereocenters. The topological polar surface area (TPSA) is 9.23 Å². The zero-order valence-corrected chi connectivity index (χ0v) is 7.49. The molecule has 0 aliphatic heterocycles. The van der Waals surface area contributed by atoms with Gasteiger partial charge in [-0.25, -0.2) is 0 Å². The van der Waals surface area contributed by atoms with Crippen LogP contribution in [-0.4, -0.2) is 13.2 Å². The summed E-state index contributed by atoms with van der Waals surface area (Å²) < 4.78 is 6.02. The van der Waals surface area contributed by atoms with Gasteiger partial charge in [0.15, 0.2) is 0 Å². The van der Waals surface area contributed by atoms with Crippen LogP contribution < -0.4 is 0 Å². The zero-order chi connectivity index (χ0) is 7.82. The molecule has 0 rings (SSSR count). The molecule has 0 aromatic rings. The van der Waals surface area contributed by atoms with E-state index in [0.717, 1.165) is 23.9 Å². The molecule has 0 aromatic heterocycles. The highest BCUT2D eigenvalue weighted by Crippen LogP contribution is 2.00. The van der Waals surface area contributed by atoms with Gasteiger partial charge in [0.25, 0.3) is 0 Å². The van der Waals surface area contributed by atoms with Crippen molar-refractivity contribution >= 4 is 15.9 Å². The summed E-state index contributed by atoms with van der Waals surface area (Å²) in [6, 6.07) is 0. The Balaban J connectivity index is 2.92. The maximum absolute atomic E-state index is 5.16. The number of terminal acetylenes is 1. The first-order valence-electron chi connectivity index (χ1n) is 3.12. The van der Waals surface area contributed by atoms with E-state index < -0.39 is 0 Å². The van der Waals surface area contributed by atoms with Crippen LogP contribution in [0.25, 0.3) is 0 Å². The lowest BCUT2D eigenvalue weighted by Gasteiger charge is -1.99. The summed E-state index contributed by atoms with van der Waals surface area (Å²) in [6.07, 6.45) is 6.75. The van der Waals surface area contributed by atoms with Gasteiger partial charge in [-0.1, -0.05) is 22.5 Å². The van der Waals surface area contributed by atoms with Crippen molar-refractivity contribution < 1.29 is 4.74 Å². The van der Waals surface area contributed by atoms with Crippen LogP contribution in [0.1, 0.15) is 12.8 Å². The molecule has 0 heterocycles. The molecule has 0 amide bonds. The van der Waals surface area contributed by atoms with Crippen molar-refractivity contribution in [2.45, 2.75) is 12.8 Å². The van der Waals surface area contributed by atoms with Gasteiger partial charge in [-0.15, -0.1) is 12.3 Å². The Morgan fingerprint density at radius 2 is 2.40 bits per heavy atom. The second kappa shape index (κ2) is 6.85. The SMILES string of the molecule is C#CCCCOCC(=C)Br. The van der Waals surface area contributed by atoms with Crippen LogP contribution in [0.2, 0.25) is 0 Å². The molecule has 0 fully saturated rings. The Kier molecular flexibility index (Phi) is 6.68. The fraction of sp³-hybridized carbons (Fsp3) is 0.500. The van der Waals surface area contributed by atoms with Gasteiger partial charge in [-0.3, -0.25) is 0 Å². The average molecular weight is 203 g/mol. The number of hydrogen-bond acceptors (Lipinski definition) is 1. The Hall–Kier alpha value is -0.260. The Morgan fingerprint density at radius 1 is 1.70 bits per heavy atom. The van der Waals surface area contributed by atoms with Gasteiger partial charge in [0.2, 0.25) is 0 Å². The van der Waals surface area contributed by atoms with Gasteiger partial charge in [-0.05, 0) is 6.42 Å². The summed E-state index contributed by atoms with van der Waals surface area (Å²) >= 11 is 3.18. The molecule has 0 radical (unpaired) electrons. The zero-order valence-electron chi connectivity index (χ0n) is 5.90. The molecule has 2 heteroatoms. The van der Waals surface area contributed by atoms with Crippen molar-refractivity contribution in [1.29, 1.82) is 0 Å². The Labute approximate surface area is 70.6 Å². The lowest BCUT2D eigenvalue weighted by atomic mass is 10.3. The quantitative estimate of drug-likeness (QED) is 0.492. The minimum absolute atomic E-state index is 0.574. The number of rotatable bonds is 5. The van der Waals surface area contributed by atoms with Gasteiger partial charge in [0.05, 0.1) is 6.61 Å². The van der Waals surface area contributed by atoms with Crippen LogP contribution in [0.3, 0.4) is 0 Å². The molecule has 1 nitrogen and oxygen atoms in total. The molecule has 56 valence electrons. The molecule has 0 aliphatic carbocycles. The third kappa shape index (κ3) is 7.74. The maximum atomic E-state index is 5.16. The number of unbranched alkanes of at least 4 members (excludes halogenated alkanes) is 1. The molecule has 0 saturated carbocycles. The highest BCUT2D eigenvalue weighted by molar-refractivity contribution is 9.11. The summed E-state index contributed by atoms with van der Waals surface area (Å²) in [4.78, 5) is 0. The molecule has 0 unspecified atom stereocenters. The summed E-state index contributed by atoms with van der Waals surface area (Å²) in [7, 11) is 0. The average Bonchev–Trinajstić information content (AvgIpc) is 1.87. The van der Waals surface area contributed by atoms with Crippen molar-refractivity contribution in [1.82, 2.24) is 0 Å². The molecule has 0 spiro atoms. The predicted octanol–water partition coefficient (Wildman–Crippen LogP) is 2.33. The van der Waals surface area contributed by atoms with E-state index in [-0.39, 0.29) is 0 Å². The van der Waals surface area contributed by atoms with E-state index in [2.05, 4.69) is 28.4 Å². The first-order chi connectivity index (χ1) is 4.77. The van der Waals surface area contributed by atoms with E-state index in [1.807, 2.05) is 0 Å². The molecule has 0 aliphatic rings. The lowest BCUT2D eigenvalue weighted by molar-refractivity contribution is 0.159. The standard InChI is InChI=1S/C8H11BrO/c1-3-4-5-6-10-7-8(2)9/h1H,2,4-7H2. The second-order valence-electron chi connectivity index (χ2n) is 1.88. The molecular weight excluding hydrogens is 192 g/mol. The Morgan fingerprint density at radius 3 is 2.90 bits per heavy atom. The highest BCUT2D eigenvalue weighted by atomic mass is 79.9. The maximum Gasteiger partial charge on any atom is 0.0775 e. The lowest BCUT2D eigenvalue weighted by Crippen LogP contribution is -1.95. The van der Waals surface area contributed by atoms with Crippen LogP contribution in [-0.2, 0) is 4.74 Å². The van der Waals surface area contributed by atoms with Gasteiger partial charge in [0, 0.05) is 17.5 Å². The fourth-order valence-corrected chi connectivity index (χ4v) is 0.621. The molecule has 0 aromatic carbocycles. The first kappa shape index (κ1) is 9.74. The molecule has 0 N–H and O–H groups in total. The third-order valence-corrected chi connectivity index (χ3v) is 1.10. The largest absolute Gasteiger partial charge is 0.376 e. The van der Waals surface area contributed by atoms with Gasteiger partial charge in [0.1, 0.15) is 0 Å². The van der Waals surface area contributed by atoms with E-state index in [9.17, 15) is 0 Å². The summed E-state index contributed by atoms with van der Waals surface area (Å²) in [6.45, 7) is 4.92. The second-order valence-corrected chi connectivity index (χ2v) is 3.00. The van der Waals surface area contributed by atoms with E-state index in [0.29, 0.717) is 6.61 Å². The van der Waals surface area contributed by atoms with E-state index in [1.54, 1.807) is 0 Å². The van der Waals surface area contributed by atoms with Gasteiger partial charge in [-0.2, -0.15) is 0 Å². The smallest absolute Gasteiger partial charge is 0.0775 e. The summed E-state index contributed by atoms with van der Waals surface area (Å²) in [5.41, 5.74) is 0. The Bertz CT molecular complexity index is 135. The van der Waals surface area contributed by atoms with Crippen LogP contribution in [0.4, 0.5) is 0 Å². The first-order valence-corrected chi connectivity index (χ1v) is 3.91. The predicted molar refractivity (Wildman–Crippen MR) is 47.0 cm³/mol. The number of hydrogen-bond donors (Lipinski definition) is 0. The van der Waals surface area contributed by atoms with E-state index in [4.69, 9.17) is 11.2 Å². The van der Waals surface area contributed by atoms with Crippen molar-refractivity contribution in [3.63, 3.8) is 0 Å². The van der Waals surface area contributed by atoms with E-state index in [1.165, 1.54) is 0 Å². The van der Waals surface area contributed by atoms with Crippen molar-refractivity contribution in [2.75, 3.05) is 13.2 Å². The number of ether oxygens (including phenoxy) is 1. The minimum atomic E-state index is 0.574. The van der Waals surface area contributed by atoms with Crippen LogP contribution >= 0.6 is 15.9 Å². The summed E-state index contributed by atoms with van der Waals surface area (Å²) in [5, 5.41) is 0. The molecular formula is C8H11BrO. The normalized spacial score (nSPS) is 8.80. The van der Waals surface area contributed by atoms with Crippen molar-refractivity contribution in [3.05, 3.63) is 11.1 Å². The van der Waals surface area contributed by atoms with Gasteiger partial charge < -0.3 is 4.74 Å². The van der Waals surface area contributed by atoms with Crippen molar-refractivity contribution in [2.24, 2.45) is 0 Å². The molecule has 0 bridgehead atoms. The van der Waals surface area contributed by atoms with Gasteiger partial charge >= 0.3 is 0 Å². The van der Waals surface area contributed by atoms with Crippen molar-refractivity contribution in [3.8, 4) is 12.3 Å². The van der Waals surface area contributed by atoms with Crippen LogP contribution in [0.5, 0.6) is 0 Å². The van der Waals surface area contributed by atoms with Crippen LogP contribution in [0, 0.1) is 12.3 Å². The van der Waals surface area contributed by atoms with E-state index >= 15 is 0 Å². The highest BCUT2D eigenvalue weighted by Gasteiger charge is 1.87. The summed E-state index contributed by atoms with van der Waals surface area (Å²) in [5.74, 6) is 2.54. The minimum Gasteiger partial charge on any atom is -0.376 e.